The predicted molar refractivity (Wildman–Crippen MR) is 92.5 cm³/mol. The van der Waals surface area contributed by atoms with Crippen molar-refractivity contribution in [2.24, 2.45) is 5.92 Å². The van der Waals surface area contributed by atoms with Gasteiger partial charge in [-0.25, -0.2) is 22.2 Å². The lowest BCUT2D eigenvalue weighted by Crippen LogP contribution is -2.31. The lowest BCUT2D eigenvalue weighted by atomic mass is 9.80. The minimum atomic E-state index is -4.24. The molecular formula is C17H21F3N2O4S. The van der Waals surface area contributed by atoms with Crippen LogP contribution in [0.15, 0.2) is 6.07 Å². The highest BCUT2D eigenvalue weighted by molar-refractivity contribution is 7.92. The summed E-state index contributed by atoms with van der Waals surface area (Å²) in [5.74, 6) is -2.07. The monoisotopic (exact) mass is 406 g/mol. The molecule has 1 aliphatic carbocycles. The molecule has 1 atom stereocenters. The summed E-state index contributed by atoms with van der Waals surface area (Å²) in [6.07, 6.45) is 0.857. The first-order valence-corrected chi connectivity index (χ1v) is 10.3. The van der Waals surface area contributed by atoms with Crippen molar-refractivity contribution in [3.8, 4) is 5.75 Å². The number of benzene rings is 1. The van der Waals surface area contributed by atoms with Gasteiger partial charge in [0.1, 0.15) is 18.0 Å². The SMILES string of the molecule is O=C1CN(c2c(O)cc3c(c2F)C[C@H](CCCCC(F)F)CC3)S(=O)(=O)N1. The van der Waals surface area contributed by atoms with Crippen molar-refractivity contribution in [3.63, 3.8) is 0 Å². The molecule has 1 fully saturated rings. The third-order valence-corrected chi connectivity index (χ3v) is 6.46. The average Bonchev–Trinajstić information content (AvgIpc) is 2.84. The quantitative estimate of drug-likeness (QED) is 0.711. The Morgan fingerprint density at radius 3 is 2.70 bits per heavy atom. The smallest absolute Gasteiger partial charge is 0.326 e. The summed E-state index contributed by atoms with van der Waals surface area (Å²) in [7, 11) is -4.24. The van der Waals surface area contributed by atoms with E-state index in [-0.39, 0.29) is 12.3 Å². The van der Waals surface area contributed by atoms with Gasteiger partial charge in [-0.1, -0.05) is 12.8 Å². The van der Waals surface area contributed by atoms with Crippen LogP contribution in [0.2, 0.25) is 0 Å². The number of hydrogen-bond donors (Lipinski definition) is 2. The number of alkyl halides is 2. The number of rotatable bonds is 6. The summed E-state index contributed by atoms with van der Waals surface area (Å²) < 4.78 is 65.8. The van der Waals surface area contributed by atoms with E-state index in [1.165, 1.54) is 6.07 Å². The molecule has 1 amide bonds. The number of phenolic OH excluding ortho intramolecular Hbond substituents is 1. The van der Waals surface area contributed by atoms with Crippen molar-refractivity contribution in [2.75, 3.05) is 10.8 Å². The molecule has 1 aliphatic heterocycles. The number of nitrogens with zero attached hydrogens (tertiary/aromatic N) is 1. The van der Waals surface area contributed by atoms with Gasteiger partial charge in [-0.2, -0.15) is 8.42 Å². The van der Waals surface area contributed by atoms with Crippen LogP contribution in [0, 0.1) is 11.7 Å². The zero-order valence-electron chi connectivity index (χ0n) is 14.6. The minimum Gasteiger partial charge on any atom is -0.506 e. The number of amides is 1. The molecule has 2 aliphatic rings. The van der Waals surface area contributed by atoms with Gasteiger partial charge in [0.2, 0.25) is 6.43 Å². The molecule has 0 unspecified atom stereocenters. The molecule has 150 valence electrons. The summed E-state index contributed by atoms with van der Waals surface area (Å²) in [5, 5.41) is 10.2. The van der Waals surface area contributed by atoms with Crippen molar-refractivity contribution >= 4 is 21.8 Å². The molecule has 6 nitrogen and oxygen atoms in total. The third-order valence-electron chi connectivity index (χ3n) is 5.08. The van der Waals surface area contributed by atoms with E-state index >= 15 is 4.39 Å². The van der Waals surface area contributed by atoms with Crippen LogP contribution in [0.4, 0.5) is 18.9 Å². The molecule has 3 rings (SSSR count). The van der Waals surface area contributed by atoms with E-state index in [2.05, 4.69) is 0 Å². The Balaban J connectivity index is 1.81. The molecule has 0 saturated carbocycles. The Morgan fingerprint density at radius 2 is 2.07 bits per heavy atom. The number of carbonyl (C=O) groups excluding carboxylic acids is 1. The molecular weight excluding hydrogens is 385 g/mol. The normalized spacial score (nSPS) is 21.4. The second kappa shape index (κ2) is 7.57. The van der Waals surface area contributed by atoms with Crippen LogP contribution < -0.4 is 9.03 Å². The van der Waals surface area contributed by atoms with Gasteiger partial charge in [-0.3, -0.25) is 4.79 Å². The van der Waals surface area contributed by atoms with Crippen LogP contribution in [0.25, 0.3) is 0 Å². The lowest BCUT2D eigenvalue weighted by molar-refractivity contribution is -0.117. The Labute approximate surface area is 155 Å². The average molecular weight is 406 g/mol. The topological polar surface area (TPSA) is 86.7 Å². The van der Waals surface area contributed by atoms with Crippen molar-refractivity contribution in [3.05, 3.63) is 23.0 Å². The van der Waals surface area contributed by atoms with E-state index in [4.69, 9.17) is 0 Å². The maximum atomic E-state index is 15.1. The van der Waals surface area contributed by atoms with Gasteiger partial charge < -0.3 is 5.11 Å². The van der Waals surface area contributed by atoms with Crippen LogP contribution in [-0.4, -0.2) is 32.4 Å². The van der Waals surface area contributed by atoms with Gasteiger partial charge in [0, 0.05) is 6.42 Å². The highest BCUT2D eigenvalue weighted by Crippen LogP contribution is 2.41. The van der Waals surface area contributed by atoms with Crippen LogP contribution in [0.1, 0.15) is 43.2 Å². The number of unbranched alkanes of at least 4 members (excludes halogenated alkanes) is 1. The summed E-state index contributed by atoms with van der Waals surface area (Å²) in [4.78, 5) is 11.4. The fourth-order valence-electron chi connectivity index (χ4n) is 3.77. The highest BCUT2D eigenvalue weighted by Gasteiger charge is 2.39. The van der Waals surface area contributed by atoms with E-state index in [1.807, 2.05) is 0 Å². The molecule has 27 heavy (non-hydrogen) atoms. The Morgan fingerprint density at radius 1 is 1.33 bits per heavy atom. The number of nitrogens with one attached hydrogen (secondary N) is 1. The van der Waals surface area contributed by atoms with Gasteiger partial charge in [0.15, 0.2) is 5.82 Å². The van der Waals surface area contributed by atoms with Crippen LogP contribution in [0.3, 0.4) is 0 Å². The van der Waals surface area contributed by atoms with E-state index in [9.17, 15) is 27.1 Å². The number of fused-ring (bicyclic) bond motifs is 1. The van der Waals surface area contributed by atoms with Crippen LogP contribution in [0.5, 0.6) is 5.75 Å². The highest BCUT2D eigenvalue weighted by atomic mass is 32.2. The summed E-state index contributed by atoms with van der Waals surface area (Å²) in [6.45, 7) is -0.595. The number of phenols is 1. The molecule has 0 spiro atoms. The number of aromatic hydroxyl groups is 1. The van der Waals surface area contributed by atoms with E-state index in [1.54, 1.807) is 4.72 Å². The van der Waals surface area contributed by atoms with Crippen molar-refractivity contribution in [2.45, 2.75) is 51.4 Å². The van der Waals surface area contributed by atoms with Gasteiger partial charge in [0.25, 0.3) is 5.91 Å². The van der Waals surface area contributed by atoms with Crippen molar-refractivity contribution < 1.29 is 31.5 Å². The van der Waals surface area contributed by atoms with E-state index in [0.29, 0.717) is 47.5 Å². The first-order valence-electron chi connectivity index (χ1n) is 8.83. The number of aryl methyl sites for hydroxylation is 1. The zero-order chi connectivity index (χ0) is 19.8. The first-order chi connectivity index (χ1) is 12.7. The molecule has 2 N–H and O–H groups in total. The number of halogens is 3. The molecule has 1 aromatic rings. The van der Waals surface area contributed by atoms with Crippen molar-refractivity contribution in [1.29, 1.82) is 0 Å². The molecule has 1 heterocycles. The lowest BCUT2D eigenvalue weighted by Gasteiger charge is -2.27. The molecule has 0 radical (unpaired) electrons. The zero-order valence-corrected chi connectivity index (χ0v) is 15.4. The molecule has 0 aromatic heterocycles. The van der Waals surface area contributed by atoms with Crippen molar-refractivity contribution in [1.82, 2.24) is 4.72 Å². The number of carbonyl (C=O) groups is 1. The summed E-state index contributed by atoms with van der Waals surface area (Å²) >= 11 is 0. The summed E-state index contributed by atoms with van der Waals surface area (Å²) in [6, 6.07) is 1.35. The molecule has 1 aromatic carbocycles. The van der Waals surface area contributed by atoms with Crippen LogP contribution >= 0.6 is 0 Å². The molecule has 10 heteroatoms. The minimum absolute atomic E-state index is 0.108. The molecule has 1 saturated heterocycles. The largest absolute Gasteiger partial charge is 0.506 e. The third kappa shape index (κ3) is 4.15. The maximum absolute atomic E-state index is 15.1. The first kappa shape index (κ1) is 19.8. The van der Waals surface area contributed by atoms with Crippen LogP contribution in [-0.2, 0) is 27.8 Å². The standard InChI is InChI=1S/C17H21F3N2O4S/c18-14(19)4-2-1-3-10-5-6-11-8-13(23)17(16(20)12(11)7-10)22-9-15(24)21-27(22,25)26/h8,10,14,23H,1-7,9H2,(H,21,24)/t10-/m1/s1. The van der Waals surface area contributed by atoms with Gasteiger partial charge in [-0.15, -0.1) is 0 Å². The van der Waals surface area contributed by atoms with Gasteiger partial charge in [-0.05, 0) is 48.8 Å². The Bertz CT molecular complexity index is 845. The Kier molecular flexibility index (Phi) is 5.55. The van der Waals surface area contributed by atoms with E-state index < -0.39 is 46.3 Å². The second-order valence-corrected chi connectivity index (χ2v) is 8.61. The van der Waals surface area contributed by atoms with Gasteiger partial charge in [0.05, 0.1) is 0 Å². The number of hydrogen-bond acceptors (Lipinski definition) is 4. The van der Waals surface area contributed by atoms with Gasteiger partial charge >= 0.3 is 10.2 Å². The second-order valence-electron chi connectivity index (χ2n) is 7.02. The Hall–Kier alpha value is -1.97. The summed E-state index contributed by atoms with van der Waals surface area (Å²) in [5.41, 5.74) is 0.404. The van der Waals surface area contributed by atoms with E-state index in [0.717, 1.165) is 6.42 Å². The predicted octanol–water partition coefficient (Wildman–Crippen LogP) is 2.64. The molecule has 0 bridgehead atoms. The fraction of sp³-hybridized carbons (Fsp3) is 0.588. The fourth-order valence-corrected chi connectivity index (χ4v) is 4.94. The maximum Gasteiger partial charge on any atom is 0.326 e. The number of anilines is 1.